The molecule has 4 heteroatoms. The van der Waals surface area contributed by atoms with Gasteiger partial charge in [-0.05, 0) is 61.9 Å². The summed E-state index contributed by atoms with van der Waals surface area (Å²) in [6.45, 7) is 8.37. The van der Waals surface area contributed by atoms with Gasteiger partial charge in [0, 0.05) is 13.1 Å². The molecule has 1 saturated heterocycles. The van der Waals surface area contributed by atoms with Crippen LogP contribution in [0.15, 0.2) is 36.4 Å². The average molecular weight is 338 g/mol. The number of hydrogen-bond donors (Lipinski definition) is 0. The highest BCUT2D eigenvalue weighted by Crippen LogP contribution is 2.22. The smallest absolute Gasteiger partial charge is 0.272 e. The van der Waals surface area contributed by atoms with Crippen molar-refractivity contribution in [2.45, 2.75) is 40.2 Å². The molecule has 1 fully saturated rings. The second-order valence-electron chi connectivity index (χ2n) is 6.98. The van der Waals surface area contributed by atoms with Gasteiger partial charge in [0.2, 0.25) is 0 Å². The number of benzene rings is 1. The van der Waals surface area contributed by atoms with Gasteiger partial charge < -0.3 is 9.64 Å². The number of pyridine rings is 1. The Hall–Kier alpha value is -2.36. The van der Waals surface area contributed by atoms with E-state index in [4.69, 9.17) is 4.74 Å². The summed E-state index contributed by atoms with van der Waals surface area (Å²) in [6.07, 6.45) is 2.14. The van der Waals surface area contributed by atoms with Crippen molar-refractivity contribution < 1.29 is 9.53 Å². The molecular formula is C21H26N2O2. The summed E-state index contributed by atoms with van der Waals surface area (Å²) < 4.78 is 5.91. The van der Waals surface area contributed by atoms with E-state index < -0.39 is 0 Å². The van der Waals surface area contributed by atoms with Gasteiger partial charge in [0.25, 0.3) is 5.91 Å². The quantitative estimate of drug-likeness (QED) is 0.841. The van der Waals surface area contributed by atoms with Crippen molar-refractivity contribution in [1.82, 2.24) is 9.88 Å². The topological polar surface area (TPSA) is 42.4 Å². The van der Waals surface area contributed by atoms with E-state index >= 15 is 0 Å². The third-order valence-electron chi connectivity index (χ3n) is 5.03. The van der Waals surface area contributed by atoms with E-state index in [1.165, 1.54) is 5.56 Å². The summed E-state index contributed by atoms with van der Waals surface area (Å²) in [4.78, 5) is 19.1. The Kier molecular flexibility index (Phi) is 5.37. The van der Waals surface area contributed by atoms with Crippen molar-refractivity contribution in [3.8, 4) is 5.75 Å². The molecule has 0 saturated carbocycles. The molecule has 0 bridgehead atoms. The van der Waals surface area contributed by atoms with Crippen LogP contribution in [0.1, 0.15) is 47.1 Å². The summed E-state index contributed by atoms with van der Waals surface area (Å²) >= 11 is 0. The fraction of sp³-hybridized carbons (Fsp3) is 0.429. The van der Waals surface area contributed by atoms with Gasteiger partial charge in [0.1, 0.15) is 18.1 Å². The van der Waals surface area contributed by atoms with Gasteiger partial charge in [-0.3, -0.25) is 4.79 Å². The van der Waals surface area contributed by atoms with Crippen LogP contribution in [0.4, 0.5) is 0 Å². The van der Waals surface area contributed by atoms with Gasteiger partial charge in [-0.2, -0.15) is 0 Å². The third kappa shape index (κ3) is 4.19. The van der Waals surface area contributed by atoms with Crippen LogP contribution >= 0.6 is 0 Å². The van der Waals surface area contributed by atoms with Crippen molar-refractivity contribution >= 4 is 5.91 Å². The largest absolute Gasteiger partial charge is 0.487 e. The van der Waals surface area contributed by atoms with Crippen LogP contribution in [0.25, 0.3) is 0 Å². The molecule has 25 heavy (non-hydrogen) atoms. The minimum Gasteiger partial charge on any atom is -0.487 e. The molecule has 2 aromatic rings. The van der Waals surface area contributed by atoms with E-state index in [-0.39, 0.29) is 5.91 Å². The Morgan fingerprint density at radius 3 is 2.64 bits per heavy atom. The number of aromatic nitrogens is 1. The third-order valence-corrected chi connectivity index (χ3v) is 5.03. The minimum absolute atomic E-state index is 0.0282. The zero-order chi connectivity index (χ0) is 17.8. The zero-order valence-electron chi connectivity index (χ0n) is 15.3. The average Bonchev–Trinajstić information content (AvgIpc) is 2.63. The molecule has 1 aromatic heterocycles. The number of piperidine rings is 1. The van der Waals surface area contributed by atoms with E-state index in [1.807, 2.05) is 29.2 Å². The van der Waals surface area contributed by atoms with Gasteiger partial charge in [-0.1, -0.05) is 25.1 Å². The summed E-state index contributed by atoms with van der Waals surface area (Å²) in [5, 5.41) is 0. The number of carbonyl (C=O) groups excluding carboxylic acids is 1. The fourth-order valence-corrected chi connectivity index (χ4v) is 3.08. The number of ether oxygens (including phenoxy) is 1. The zero-order valence-corrected chi connectivity index (χ0v) is 15.3. The first kappa shape index (κ1) is 17.5. The molecular weight excluding hydrogens is 312 g/mol. The molecule has 1 aliphatic rings. The van der Waals surface area contributed by atoms with Crippen LogP contribution in [0.5, 0.6) is 5.75 Å². The number of amides is 1. The van der Waals surface area contributed by atoms with E-state index in [9.17, 15) is 4.79 Å². The van der Waals surface area contributed by atoms with Crippen molar-refractivity contribution in [1.29, 1.82) is 0 Å². The highest BCUT2D eigenvalue weighted by Gasteiger charge is 2.22. The first-order valence-electron chi connectivity index (χ1n) is 8.99. The first-order valence-corrected chi connectivity index (χ1v) is 8.99. The van der Waals surface area contributed by atoms with E-state index in [0.717, 1.165) is 42.9 Å². The van der Waals surface area contributed by atoms with Crippen molar-refractivity contribution in [2.75, 3.05) is 13.1 Å². The Bertz CT molecular complexity index is 749. The molecule has 0 aliphatic carbocycles. The molecule has 4 nitrogen and oxygen atoms in total. The number of nitrogens with zero attached hydrogens (tertiary/aromatic N) is 2. The molecule has 0 unspecified atom stereocenters. The molecule has 1 amide bonds. The Morgan fingerprint density at radius 1 is 1.16 bits per heavy atom. The van der Waals surface area contributed by atoms with E-state index in [1.54, 1.807) is 6.07 Å². The molecule has 0 atom stereocenters. The van der Waals surface area contributed by atoms with Gasteiger partial charge in [0.05, 0.1) is 5.69 Å². The minimum atomic E-state index is 0.0282. The van der Waals surface area contributed by atoms with Crippen molar-refractivity contribution in [3.63, 3.8) is 0 Å². The first-order chi connectivity index (χ1) is 12.0. The second kappa shape index (κ2) is 7.68. The molecule has 2 heterocycles. The number of carbonyl (C=O) groups is 1. The molecule has 0 radical (unpaired) electrons. The lowest BCUT2D eigenvalue weighted by molar-refractivity contribution is 0.0690. The highest BCUT2D eigenvalue weighted by atomic mass is 16.5. The maximum absolute atomic E-state index is 12.7. The number of rotatable bonds is 4. The van der Waals surface area contributed by atoms with Crippen LogP contribution in [0.2, 0.25) is 0 Å². The van der Waals surface area contributed by atoms with Crippen molar-refractivity contribution in [3.05, 3.63) is 58.9 Å². The molecule has 0 N–H and O–H groups in total. The van der Waals surface area contributed by atoms with Crippen molar-refractivity contribution in [2.24, 2.45) is 5.92 Å². The normalized spacial score (nSPS) is 15.2. The lowest BCUT2D eigenvalue weighted by Gasteiger charge is -2.30. The Morgan fingerprint density at radius 2 is 1.88 bits per heavy atom. The highest BCUT2D eigenvalue weighted by molar-refractivity contribution is 5.92. The number of likely N-dealkylation sites (tertiary alicyclic amines) is 1. The van der Waals surface area contributed by atoms with E-state index in [0.29, 0.717) is 18.2 Å². The fourth-order valence-electron chi connectivity index (χ4n) is 3.08. The number of aryl methyl sites for hydroxylation is 1. The number of hydrogen-bond acceptors (Lipinski definition) is 3. The maximum atomic E-state index is 12.7. The van der Waals surface area contributed by atoms with Gasteiger partial charge in [-0.15, -0.1) is 0 Å². The predicted molar refractivity (Wildman–Crippen MR) is 98.8 cm³/mol. The van der Waals surface area contributed by atoms with Gasteiger partial charge in [0.15, 0.2) is 0 Å². The van der Waals surface area contributed by atoms with Crippen LogP contribution < -0.4 is 4.74 Å². The Balaban J connectivity index is 1.67. The predicted octanol–water partition coefficient (Wildman–Crippen LogP) is 4.15. The summed E-state index contributed by atoms with van der Waals surface area (Å²) in [6, 6.07) is 11.6. The molecule has 3 rings (SSSR count). The standard InChI is InChI=1S/C21H26N2O2/c1-15-10-12-23(13-11-15)21(24)19-8-5-7-18(22-19)14-25-20-9-4-6-16(2)17(20)3/h4-9,15H,10-14H2,1-3H3. The maximum Gasteiger partial charge on any atom is 0.272 e. The van der Waals surface area contributed by atoms with Crippen LogP contribution in [0.3, 0.4) is 0 Å². The summed E-state index contributed by atoms with van der Waals surface area (Å²) in [7, 11) is 0. The molecule has 132 valence electrons. The lowest BCUT2D eigenvalue weighted by atomic mass is 9.99. The SMILES string of the molecule is Cc1cccc(OCc2cccc(C(=O)N3CCC(C)CC3)n2)c1C. The molecule has 1 aliphatic heterocycles. The molecule has 0 spiro atoms. The summed E-state index contributed by atoms with van der Waals surface area (Å²) in [5.41, 5.74) is 3.62. The van der Waals surface area contributed by atoms with E-state index in [2.05, 4.69) is 31.8 Å². The second-order valence-corrected chi connectivity index (χ2v) is 6.98. The van der Waals surface area contributed by atoms with Crippen LogP contribution in [-0.2, 0) is 6.61 Å². The summed E-state index contributed by atoms with van der Waals surface area (Å²) in [5.74, 6) is 1.60. The lowest BCUT2D eigenvalue weighted by Crippen LogP contribution is -2.38. The van der Waals surface area contributed by atoms with Gasteiger partial charge in [-0.25, -0.2) is 4.98 Å². The molecule has 1 aromatic carbocycles. The monoisotopic (exact) mass is 338 g/mol. The van der Waals surface area contributed by atoms with Crippen LogP contribution in [-0.4, -0.2) is 28.9 Å². The Labute approximate surface area is 149 Å². The van der Waals surface area contributed by atoms with Crippen LogP contribution in [0, 0.1) is 19.8 Å². The van der Waals surface area contributed by atoms with Gasteiger partial charge >= 0.3 is 0 Å².